The third kappa shape index (κ3) is 0.794. The fraction of sp³-hybridized carbons (Fsp3) is 0.333. The molecule has 0 saturated heterocycles. The minimum Gasteiger partial charge on any atom is -0.261 e. The van der Waals surface area contributed by atoms with E-state index in [0.29, 0.717) is 0 Å². The van der Waals surface area contributed by atoms with E-state index in [-0.39, 0.29) is 0 Å². The van der Waals surface area contributed by atoms with Gasteiger partial charge in [-0.25, -0.2) is 0 Å². The predicted molar refractivity (Wildman–Crippen MR) is 28.6 cm³/mol. The summed E-state index contributed by atoms with van der Waals surface area (Å²) in [6, 6.07) is 0. The molecule has 7 heavy (non-hydrogen) atoms. The SMILES string of the molecule is BCn1ccnn1. The van der Waals surface area contributed by atoms with Gasteiger partial charge in [0.15, 0.2) is 0 Å². The highest BCUT2D eigenvalue weighted by Crippen LogP contribution is 1.72. The fourth-order valence-electron chi connectivity index (χ4n) is 0.401. The van der Waals surface area contributed by atoms with Gasteiger partial charge in [0, 0.05) is 12.6 Å². The zero-order valence-electron chi connectivity index (χ0n) is 4.20. The molecule has 0 aromatic carbocycles. The highest BCUT2D eigenvalue weighted by Gasteiger charge is 1.79. The summed E-state index contributed by atoms with van der Waals surface area (Å²) in [7, 11) is 2.02. The molecule has 1 rings (SSSR count). The summed E-state index contributed by atoms with van der Waals surface area (Å²) in [5.74, 6) is 0. The van der Waals surface area contributed by atoms with Crippen molar-refractivity contribution < 1.29 is 0 Å². The van der Waals surface area contributed by atoms with Gasteiger partial charge in [-0.1, -0.05) is 5.21 Å². The molecule has 0 fully saturated rings. The summed E-state index contributed by atoms with van der Waals surface area (Å²) in [6.45, 7) is 0. The largest absolute Gasteiger partial charge is 0.261 e. The molecule has 0 spiro atoms. The first-order valence-electron chi connectivity index (χ1n) is 2.27. The predicted octanol–water partition coefficient (Wildman–Crippen LogP) is -1.13. The Morgan fingerprint density at radius 2 is 2.57 bits per heavy atom. The van der Waals surface area contributed by atoms with Gasteiger partial charge in [0.05, 0.1) is 6.20 Å². The van der Waals surface area contributed by atoms with Gasteiger partial charge in [0.25, 0.3) is 0 Å². The van der Waals surface area contributed by atoms with E-state index in [9.17, 15) is 0 Å². The van der Waals surface area contributed by atoms with Gasteiger partial charge < -0.3 is 0 Å². The quantitative estimate of drug-likeness (QED) is 0.413. The number of hydrogen-bond donors (Lipinski definition) is 0. The van der Waals surface area contributed by atoms with Crippen LogP contribution in [0.2, 0.25) is 0 Å². The smallest absolute Gasteiger partial charge is 0.129 e. The third-order valence-electron chi connectivity index (χ3n) is 0.796. The molecule has 0 aliphatic carbocycles. The van der Waals surface area contributed by atoms with Crippen molar-refractivity contribution >= 4 is 7.85 Å². The van der Waals surface area contributed by atoms with Crippen molar-refractivity contribution in [2.45, 2.75) is 6.44 Å². The van der Waals surface area contributed by atoms with Crippen LogP contribution in [0.3, 0.4) is 0 Å². The molecule has 0 amide bonds. The summed E-state index contributed by atoms with van der Waals surface area (Å²) in [5.41, 5.74) is 0. The van der Waals surface area contributed by atoms with Crippen molar-refractivity contribution in [3.05, 3.63) is 12.4 Å². The van der Waals surface area contributed by atoms with Crippen molar-refractivity contribution in [1.29, 1.82) is 0 Å². The van der Waals surface area contributed by atoms with Crippen LogP contribution in [-0.2, 0) is 6.44 Å². The van der Waals surface area contributed by atoms with Crippen molar-refractivity contribution in [3.8, 4) is 0 Å². The van der Waals surface area contributed by atoms with Gasteiger partial charge in [-0.2, -0.15) is 0 Å². The Balaban J connectivity index is 2.76. The molecule has 3 nitrogen and oxygen atoms in total. The zero-order valence-corrected chi connectivity index (χ0v) is 4.20. The van der Waals surface area contributed by atoms with Crippen LogP contribution in [0.15, 0.2) is 12.4 Å². The molecule has 36 valence electrons. The van der Waals surface area contributed by atoms with Gasteiger partial charge >= 0.3 is 0 Å². The minimum absolute atomic E-state index is 0.903. The van der Waals surface area contributed by atoms with Crippen LogP contribution in [-0.4, -0.2) is 22.8 Å². The summed E-state index contributed by atoms with van der Waals surface area (Å²) in [6.07, 6.45) is 4.41. The lowest BCUT2D eigenvalue weighted by molar-refractivity contribution is 0.695. The zero-order chi connectivity index (χ0) is 5.11. The Morgan fingerprint density at radius 3 is 2.86 bits per heavy atom. The van der Waals surface area contributed by atoms with E-state index in [1.807, 2.05) is 14.0 Å². The van der Waals surface area contributed by atoms with Crippen molar-refractivity contribution in [2.75, 3.05) is 0 Å². The van der Waals surface area contributed by atoms with Crippen molar-refractivity contribution in [1.82, 2.24) is 15.0 Å². The molecule has 0 radical (unpaired) electrons. The van der Waals surface area contributed by atoms with Crippen molar-refractivity contribution in [3.63, 3.8) is 0 Å². The normalized spacial score (nSPS) is 9.14. The maximum Gasteiger partial charge on any atom is 0.129 e. The molecule has 0 bridgehead atoms. The van der Waals surface area contributed by atoms with Crippen LogP contribution in [0, 0.1) is 0 Å². The van der Waals surface area contributed by atoms with Gasteiger partial charge in [0.2, 0.25) is 0 Å². The molecule has 0 unspecified atom stereocenters. The lowest BCUT2D eigenvalue weighted by Gasteiger charge is -1.85. The minimum atomic E-state index is 0.903. The van der Waals surface area contributed by atoms with E-state index in [2.05, 4.69) is 10.3 Å². The van der Waals surface area contributed by atoms with Crippen LogP contribution in [0.4, 0.5) is 0 Å². The molecule has 1 aromatic heterocycles. The summed E-state index contributed by atoms with van der Waals surface area (Å²) >= 11 is 0. The molecule has 0 N–H and O–H groups in total. The van der Waals surface area contributed by atoms with Crippen LogP contribution >= 0.6 is 0 Å². The summed E-state index contributed by atoms with van der Waals surface area (Å²) in [5, 5.41) is 7.31. The Labute approximate surface area is 42.7 Å². The number of nitrogens with zero attached hydrogens (tertiary/aromatic N) is 3. The van der Waals surface area contributed by atoms with E-state index in [4.69, 9.17) is 0 Å². The maximum atomic E-state index is 3.70. The molecule has 0 aliphatic heterocycles. The van der Waals surface area contributed by atoms with E-state index in [0.717, 1.165) is 6.44 Å². The Hall–Kier alpha value is -0.795. The number of rotatable bonds is 1. The first-order valence-corrected chi connectivity index (χ1v) is 2.27. The standard InChI is InChI=1S/C3H6BN3/c4-3-7-2-1-5-6-7/h1-2H,3-4H2. The molecule has 0 atom stereocenters. The lowest BCUT2D eigenvalue weighted by atomic mass is 10.2. The first-order chi connectivity index (χ1) is 3.43. The van der Waals surface area contributed by atoms with Gasteiger partial charge in [-0.05, 0) is 0 Å². The van der Waals surface area contributed by atoms with E-state index in [1.165, 1.54) is 0 Å². The molecular formula is C3H6BN3. The summed E-state index contributed by atoms with van der Waals surface area (Å²) < 4.78 is 1.76. The molecule has 0 aliphatic rings. The maximum absolute atomic E-state index is 3.70. The van der Waals surface area contributed by atoms with Gasteiger partial charge in [-0.15, -0.1) is 5.10 Å². The Kier molecular flexibility index (Phi) is 1.11. The first kappa shape index (κ1) is 4.37. The van der Waals surface area contributed by atoms with Crippen LogP contribution < -0.4 is 0 Å². The third-order valence-corrected chi connectivity index (χ3v) is 0.796. The average Bonchev–Trinajstić information content (AvgIpc) is 2.14. The van der Waals surface area contributed by atoms with E-state index < -0.39 is 0 Å². The van der Waals surface area contributed by atoms with Gasteiger partial charge in [0.1, 0.15) is 7.85 Å². The second kappa shape index (κ2) is 1.77. The average molecular weight is 94.9 g/mol. The Bertz CT molecular complexity index is 125. The monoisotopic (exact) mass is 95.1 g/mol. The molecule has 1 heterocycles. The highest BCUT2D eigenvalue weighted by atomic mass is 15.4. The van der Waals surface area contributed by atoms with Crippen molar-refractivity contribution in [2.24, 2.45) is 0 Å². The molecule has 4 heteroatoms. The van der Waals surface area contributed by atoms with Crippen LogP contribution in [0.25, 0.3) is 0 Å². The molecule has 1 aromatic rings. The van der Waals surface area contributed by atoms with Crippen LogP contribution in [0.1, 0.15) is 0 Å². The number of aromatic nitrogens is 3. The Morgan fingerprint density at radius 1 is 1.71 bits per heavy atom. The van der Waals surface area contributed by atoms with Gasteiger partial charge in [-0.3, -0.25) is 4.68 Å². The molecular weight excluding hydrogens is 88.9 g/mol. The van der Waals surface area contributed by atoms with E-state index in [1.54, 1.807) is 10.9 Å². The summed E-state index contributed by atoms with van der Waals surface area (Å²) in [4.78, 5) is 0. The van der Waals surface area contributed by atoms with E-state index >= 15 is 0 Å². The number of hydrogen-bond acceptors (Lipinski definition) is 2. The van der Waals surface area contributed by atoms with Crippen LogP contribution in [0.5, 0.6) is 0 Å². The fourth-order valence-corrected chi connectivity index (χ4v) is 0.401. The highest BCUT2D eigenvalue weighted by molar-refractivity contribution is 6.06. The topological polar surface area (TPSA) is 30.7 Å². The lowest BCUT2D eigenvalue weighted by Crippen LogP contribution is -1.96. The second-order valence-corrected chi connectivity index (χ2v) is 1.26. The molecule has 0 saturated carbocycles. The second-order valence-electron chi connectivity index (χ2n) is 1.26.